The van der Waals surface area contributed by atoms with Crippen molar-refractivity contribution in [2.45, 2.75) is 38.5 Å². The topological polar surface area (TPSA) is 3.24 Å². The molecule has 1 saturated carbocycles. The Kier molecular flexibility index (Phi) is 1.80. The van der Waals surface area contributed by atoms with Crippen molar-refractivity contribution in [1.29, 1.82) is 0 Å². The number of nitrogens with zero attached hydrogens (tertiary/aromatic N) is 1. The molecule has 2 aliphatic heterocycles. The summed E-state index contributed by atoms with van der Waals surface area (Å²) in [5.41, 5.74) is 1.48. The normalized spacial score (nSPS) is 40.4. The van der Waals surface area contributed by atoms with E-state index < -0.39 is 0 Å². The summed E-state index contributed by atoms with van der Waals surface area (Å²) in [7, 11) is 0. The van der Waals surface area contributed by atoms with E-state index in [1.807, 2.05) is 0 Å². The summed E-state index contributed by atoms with van der Waals surface area (Å²) in [4.78, 5) is 2.61. The third-order valence-corrected chi connectivity index (χ3v) is 4.37. The highest BCUT2D eigenvalue weighted by atomic mass is 15.1. The molecule has 0 bridgehead atoms. The van der Waals surface area contributed by atoms with Crippen LogP contribution in [0.2, 0.25) is 6.32 Å². The fourth-order valence-corrected chi connectivity index (χ4v) is 3.39. The van der Waals surface area contributed by atoms with Gasteiger partial charge in [-0.15, -0.1) is 6.58 Å². The zero-order valence-corrected chi connectivity index (χ0v) is 8.95. The molecule has 1 nitrogen and oxygen atoms in total. The smallest absolute Gasteiger partial charge is 0.284 e. The van der Waals surface area contributed by atoms with Gasteiger partial charge in [-0.3, -0.25) is 0 Å². The summed E-state index contributed by atoms with van der Waals surface area (Å²) in [5, 5.41) is 0. The Morgan fingerprint density at radius 1 is 1.57 bits per heavy atom. The second-order valence-corrected chi connectivity index (χ2v) is 5.14. The highest BCUT2D eigenvalue weighted by Crippen LogP contribution is 2.50. The molecule has 2 heteroatoms. The molecule has 0 radical (unpaired) electrons. The van der Waals surface area contributed by atoms with E-state index in [1.165, 1.54) is 31.1 Å². The predicted octanol–water partition coefficient (Wildman–Crippen LogP) is 2.72. The lowest BCUT2D eigenvalue weighted by molar-refractivity contribution is 0.510. The van der Waals surface area contributed by atoms with Gasteiger partial charge >= 0.3 is 0 Å². The first-order chi connectivity index (χ1) is 6.79. The van der Waals surface area contributed by atoms with E-state index in [2.05, 4.69) is 30.6 Å². The van der Waals surface area contributed by atoms with Crippen molar-refractivity contribution in [3.8, 4) is 0 Å². The van der Waals surface area contributed by atoms with E-state index in [0.717, 1.165) is 17.9 Å². The molecule has 0 aromatic rings. The maximum Gasteiger partial charge on any atom is 0.284 e. The first kappa shape index (κ1) is 8.64. The average Bonchev–Trinajstić information content (AvgIpc) is 2.88. The maximum absolute atomic E-state index is 4.26. The standard InChI is InChI=1S/C12H18BN/c1-9-5-6-11-10(2)12(11)14-8-4-3-7-13(9)14/h4,8,10-12H,1,3,5-7H2,2H3. The number of hydrogen-bond acceptors (Lipinski definition) is 1. The van der Waals surface area contributed by atoms with Crippen molar-refractivity contribution in [3.63, 3.8) is 0 Å². The van der Waals surface area contributed by atoms with Gasteiger partial charge in [0.1, 0.15) is 0 Å². The fraction of sp³-hybridized carbons (Fsp3) is 0.667. The number of rotatable bonds is 0. The number of fused-ring (bicyclic) bond motifs is 3. The van der Waals surface area contributed by atoms with Gasteiger partial charge in [0.15, 0.2) is 0 Å². The van der Waals surface area contributed by atoms with E-state index in [-0.39, 0.29) is 0 Å². The predicted molar refractivity (Wildman–Crippen MR) is 61.0 cm³/mol. The highest BCUT2D eigenvalue weighted by molar-refractivity contribution is 6.64. The molecule has 0 aromatic carbocycles. The molecule has 3 aliphatic rings. The van der Waals surface area contributed by atoms with Crippen LogP contribution in [0, 0.1) is 11.8 Å². The van der Waals surface area contributed by atoms with Crippen LogP contribution >= 0.6 is 0 Å². The van der Waals surface area contributed by atoms with E-state index in [1.54, 1.807) is 0 Å². The number of hydrogen-bond donors (Lipinski definition) is 0. The molecule has 3 unspecified atom stereocenters. The molecule has 1 saturated heterocycles. The van der Waals surface area contributed by atoms with Crippen molar-refractivity contribution < 1.29 is 0 Å². The van der Waals surface area contributed by atoms with E-state index in [4.69, 9.17) is 0 Å². The lowest BCUT2D eigenvalue weighted by Gasteiger charge is -2.31. The van der Waals surface area contributed by atoms with Gasteiger partial charge in [0.05, 0.1) is 0 Å². The van der Waals surface area contributed by atoms with Crippen molar-refractivity contribution in [1.82, 2.24) is 4.81 Å². The molecule has 2 heterocycles. The summed E-state index contributed by atoms with van der Waals surface area (Å²) < 4.78 is 0. The zero-order chi connectivity index (χ0) is 9.71. The van der Waals surface area contributed by atoms with E-state index >= 15 is 0 Å². The Morgan fingerprint density at radius 3 is 3.29 bits per heavy atom. The molecule has 3 rings (SSSR count). The summed E-state index contributed by atoms with van der Waals surface area (Å²) in [5.74, 6) is 1.88. The first-order valence-corrected chi connectivity index (χ1v) is 5.91. The second kappa shape index (κ2) is 2.92. The van der Waals surface area contributed by atoms with Gasteiger partial charge in [0, 0.05) is 6.04 Å². The van der Waals surface area contributed by atoms with Crippen molar-refractivity contribution in [2.75, 3.05) is 0 Å². The summed E-state index contributed by atoms with van der Waals surface area (Å²) >= 11 is 0. The first-order valence-electron chi connectivity index (χ1n) is 5.91. The van der Waals surface area contributed by atoms with Gasteiger partial charge in [-0.1, -0.05) is 18.5 Å². The Labute approximate surface area is 87.0 Å². The number of allylic oxidation sites excluding steroid dienone is 2. The monoisotopic (exact) mass is 187 g/mol. The van der Waals surface area contributed by atoms with Crippen LogP contribution in [0.4, 0.5) is 0 Å². The van der Waals surface area contributed by atoms with E-state index in [9.17, 15) is 0 Å². The van der Waals surface area contributed by atoms with Crippen molar-refractivity contribution in [3.05, 3.63) is 24.3 Å². The third-order valence-electron chi connectivity index (χ3n) is 4.37. The van der Waals surface area contributed by atoms with Crippen LogP contribution in [0.25, 0.3) is 0 Å². The van der Waals surface area contributed by atoms with Crippen molar-refractivity contribution >= 4 is 6.85 Å². The Balaban J connectivity index is 1.91. The Bertz CT molecular complexity index is 297. The highest BCUT2D eigenvalue weighted by Gasteiger charge is 2.53. The molecule has 74 valence electrons. The van der Waals surface area contributed by atoms with Gasteiger partial charge in [-0.2, -0.15) is 0 Å². The summed E-state index contributed by atoms with van der Waals surface area (Å²) in [6.07, 6.45) is 9.85. The maximum atomic E-state index is 4.26. The molecule has 0 N–H and O–H groups in total. The summed E-state index contributed by atoms with van der Waals surface area (Å²) in [6, 6.07) is 0.843. The molecule has 3 atom stereocenters. The second-order valence-electron chi connectivity index (χ2n) is 5.14. The largest absolute Gasteiger partial charge is 0.414 e. The minimum Gasteiger partial charge on any atom is -0.414 e. The molecule has 0 amide bonds. The molecular weight excluding hydrogens is 169 g/mol. The molecule has 2 fully saturated rings. The van der Waals surface area contributed by atoms with Crippen LogP contribution in [0.3, 0.4) is 0 Å². The van der Waals surface area contributed by atoms with Crippen LogP contribution < -0.4 is 0 Å². The van der Waals surface area contributed by atoms with Crippen LogP contribution in [-0.2, 0) is 0 Å². The molecule has 1 aliphatic carbocycles. The third kappa shape index (κ3) is 1.09. The molecule has 0 aromatic heterocycles. The van der Waals surface area contributed by atoms with Crippen LogP contribution in [-0.4, -0.2) is 17.7 Å². The quantitative estimate of drug-likeness (QED) is 0.527. The SMILES string of the molecule is C=C1CCC2C(C)C2N2C=CCCB12. The van der Waals surface area contributed by atoms with Crippen LogP contribution in [0.15, 0.2) is 24.3 Å². The lowest BCUT2D eigenvalue weighted by atomic mass is 9.49. The van der Waals surface area contributed by atoms with Crippen LogP contribution in [0.1, 0.15) is 26.2 Å². The fourth-order valence-electron chi connectivity index (χ4n) is 3.39. The summed E-state index contributed by atoms with van der Waals surface area (Å²) in [6.45, 7) is 7.34. The minimum absolute atomic E-state index is 0.667. The Morgan fingerprint density at radius 2 is 2.43 bits per heavy atom. The molecule has 0 spiro atoms. The van der Waals surface area contributed by atoms with Crippen molar-refractivity contribution in [2.24, 2.45) is 11.8 Å². The molecule has 14 heavy (non-hydrogen) atoms. The van der Waals surface area contributed by atoms with Gasteiger partial charge < -0.3 is 4.81 Å². The van der Waals surface area contributed by atoms with Gasteiger partial charge in [-0.05, 0) is 43.6 Å². The zero-order valence-electron chi connectivity index (χ0n) is 8.95. The van der Waals surface area contributed by atoms with Gasteiger partial charge in [0.25, 0.3) is 6.85 Å². The Hall–Kier alpha value is -0.655. The van der Waals surface area contributed by atoms with E-state index in [0.29, 0.717) is 6.85 Å². The van der Waals surface area contributed by atoms with Crippen LogP contribution in [0.5, 0.6) is 0 Å². The molecular formula is C12H18BN. The minimum atomic E-state index is 0.667. The average molecular weight is 187 g/mol. The van der Waals surface area contributed by atoms with Gasteiger partial charge in [-0.25, -0.2) is 0 Å². The van der Waals surface area contributed by atoms with Gasteiger partial charge in [0.2, 0.25) is 0 Å². The lowest BCUT2D eigenvalue weighted by Crippen LogP contribution is -2.40.